The lowest BCUT2D eigenvalue weighted by molar-refractivity contribution is 0.0477. The minimum absolute atomic E-state index is 0.189. The molecule has 0 radical (unpaired) electrons. The molecule has 0 saturated heterocycles. The Bertz CT molecular complexity index is 528. The molecule has 2 N–H and O–H groups in total. The smallest absolute Gasteiger partial charge is 0.340 e. The number of nitrogens with two attached hydrogens (primary N) is 1. The molecule has 2 rings (SSSR count). The topological polar surface area (TPSA) is 65.2 Å². The molecule has 17 heavy (non-hydrogen) atoms. The molecule has 0 bridgehead atoms. The van der Waals surface area contributed by atoms with Gasteiger partial charge < -0.3 is 10.5 Å². The van der Waals surface area contributed by atoms with Gasteiger partial charge >= 0.3 is 5.97 Å². The van der Waals surface area contributed by atoms with Crippen molar-refractivity contribution in [3.8, 4) is 0 Å². The molecule has 88 valence electrons. The van der Waals surface area contributed by atoms with Crippen LogP contribution >= 0.6 is 22.9 Å². The van der Waals surface area contributed by atoms with Crippen molar-refractivity contribution in [1.82, 2.24) is 4.98 Å². The van der Waals surface area contributed by atoms with Crippen LogP contribution in [0.4, 0.5) is 5.69 Å². The maximum atomic E-state index is 11.7. The van der Waals surface area contributed by atoms with Crippen molar-refractivity contribution in [2.75, 3.05) is 5.73 Å². The normalized spacial score (nSPS) is 10.2. The Morgan fingerprint density at radius 2 is 2.35 bits per heavy atom. The molecule has 0 amide bonds. The predicted molar refractivity (Wildman–Crippen MR) is 67.1 cm³/mol. The summed E-state index contributed by atoms with van der Waals surface area (Å²) < 4.78 is 5.10. The van der Waals surface area contributed by atoms with Gasteiger partial charge in [0.25, 0.3) is 0 Å². The van der Waals surface area contributed by atoms with E-state index in [9.17, 15) is 4.79 Å². The molecule has 0 unspecified atom stereocenters. The molecule has 1 aromatic heterocycles. The summed E-state index contributed by atoms with van der Waals surface area (Å²) in [5, 5.41) is 0.224. The van der Waals surface area contributed by atoms with E-state index >= 15 is 0 Å². The van der Waals surface area contributed by atoms with E-state index in [4.69, 9.17) is 22.1 Å². The van der Waals surface area contributed by atoms with E-state index in [0.717, 1.165) is 4.88 Å². The van der Waals surface area contributed by atoms with Gasteiger partial charge in [-0.2, -0.15) is 0 Å². The third kappa shape index (κ3) is 2.75. The molecule has 0 aliphatic heterocycles. The molecule has 4 nitrogen and oxygen atoms in total. The van der Waals surface area contributed by atoms with Crippen LogP contribution in [0.25, 0.3) is 0 Å². The first-order chi connectivity index (χ1) is 8.18. The van der Waals surface area contributed by atoms with Gasteiger partial charge in [0, 0.05) is 6.20 Å². The van der Waals surface area contributed by atoms with Crippen LogP contribution in [0.3, 0.4) is 0 Å². The van der Waals surface area contributed by atoms with Gasteiger partial charge in [-0.15, -0.1) is 11.3 Å². The zero-order chi connectivity index (χ0) is 12.3. The van der Waals surface area contributed by atoms with E-state index < -0.39 is 5.97 Å². The lowest BCUT2D eigenvalue weighted by atomic mass is 10.2. The summed E-state index contributed by atoms with van der Waals surface area (Å²) in [4.78, 5) is 16.5. The summed E-state index contributed by atoms with van der Waals surface area (Å²) in [5.41, 5.74) is 7.91. The highest BCUT2D eigenvalue weighted by Gasteiger charge is 2.13. The Morgan fingerprint density at radius 1 is 1.53 bits per heavy atom. The van der Waals surface area contributed by atoms with Crippen molar-refractivity contribution in [3.05, 3.63) is 45.4 Å². The lowest BCUT2D eigenvalue weighted by Gasteiger charge is -2.06. The van der Waals surface area contributed by atoms with Crippen molar-refractivity contribution in [2.45, 2.75) is 6.61 Å². The zero-order valence-corrected chi connectivity index (χ0v) is 10.3. The van der Waals surface area contributed by atoms with Gasteiger partial charge in [0.15, 0.2) is 0 Å². The highest BCUT2D eigenvalue weighted by atomic mass is 35.5. The number of hydrogen-bond acceptors (Lipinski definition) is 5. The molecular formula is C11H9ClN2O2S. The van der Waals surface area contributed by atoms with E-state index in [1.165, 1.54) is 11.3 Å². The van der Waals surface area contributed by atoms with Gasteiger partial charge in [0.05, 0.1) is 26.7 Å². The monoisotopic (exact) mass is 268 g/mol. The second-order valence-corrected chi connectivity index (χ2v) is 4.60. The van der Waals surface area contributed by atoms with E-state index in [0.29, 0.717) is 5.69 Å². The first-order valence-corrected chi connectivity index (χ1v) is 6.02. The lowest BCUT2D eigenvalue weighted by Crippen LogP contribution is -2.06. The fourth-order valence-electron chi connectivity index (χ4n) is 1.24. The largest absolute Gasteiger partial charge is 0.456 e. The summed E-state index contributed by atoms with van der Waals surface area (Å²) >= 11 is 7.33. The van der Waals surface area contributed by atoms with Crippen LogP contribution in [0.1, 0.15) is 15.2 Å². The summed E-state index contributed by atoms with van der Waals surface area (Å²) in [6.45, 7) is 0.189. The van der Waals surface area contributed by atoms with Gasteiger partial charge in [-0.3, -0.25) is 4.98 Å². The quantitative estimate of drug-likeness (QED) is 0.687. The van der Waals surface area contributed by atoms with E-state index in [2.05, 4.69) is 4.98 Å². The van der Waals surface area contributed by atoms with E-state index in [-0.39, 0.29) is 17.2 Å². The predicted octanol–water partition coefficient (Wildman–Crippen LogP) is 2.74. The van der Waals surface area contributed by atoms with Gasteiger partial charge in [-0.25, -0.2) is 4.79 Å². The number of ether oxygens (including phenoxy) is 1. The molecule has 0 aliphatic carbocycles. The molecular weight excluding hydrogens is 260 g/mol. The first kappa shape index (κ1) is 11.9. The second kappa shape index (κ2) is 5.16. The SMILES string of the molecule is Nc1cccc(C(=O)OCc2cncs2)c1Cl. The number of anilines is 1. The summed E-state index contributed by atoms with van der Waals surface area (Å²) in [6.07, 6.45) is 1.65. The van der Waals surface area contributed by atoms with Gasteiger partial charge in [0.1, 0.15) is 6.61 Å². The molecule has 1 heterocycles. The van der Waals surface area contributed by atoms with E-state index in [1.807, 2.05) is 0 Å². The van der Waals surface area contributed by atoms with Crippen molar-refractivity contribution in [3.63, 3.8) is 0 Å². The van der Waals surface area contributed by atoms with Crippen LogP contribution in [-0.4, -0.2) is 11.0 Å². The van der Waals surface area contributed by atoms with Crippen molar-refractivity contribution in [1.29, 1.82) is 0 Å². The Balaban J connectivity index is 2.07. The van der Waals surface area contributed by atoms with Crippen LogP contribution in [0.15, 0.2) is 29.9 Å². The minimum atomic E-state index is -0.490. The summed E-state index contributed by atoms with van der Waals surface area (Å²) in [6, 6.07) is 4.86. The van der Waals surface area contributed by atoms with Crippen LogP contribution in [0.2, 0.25) is 5.02 Å². The number of carbonyl (C=O) groups excluding carboxylic acids is 1. The number of halogens is 1. The van der Waals surface area contributed by atoms with Crippen molar-refractivity contribution >= 4 is 34.6 Å². The fourth-order valence-corrected chi connectivity index (χ4v) is 1.94. The molecule has 1 aromatic carbocycles. The molecule has 0 spiro atoms. The average Bonchev–Trinajstić information content (AvgIpc) is 2.82. The van der Waals surface area contributed by atoms with Crippen LogP contribution in [0, 0.1) is 0 Å². The molecule has 0 atom stereocenters. The average molecular weight is 269 g/mol. The third-order valence-corrected chi connectivity index (χ3v) is 3.25. The minimum Gasteiger partial charge on any atom is -0.456 e. The Morgan fingerprint density at radius 3 is 3.06 bits per heavy atom. The van der Waals surface area contributed by atoms with Gasteiger partial charge in [-0.05, 0) is 12.1 Å². The fraction of sp³-hybridized carbons (Fsp3) is 0.0909. The van der Waals surface area contributed by atoms with Crippen LogP contribution in [0.5, 0.6) is 0 Å². The third-order valence-electron chi connectivity index (χ3n) is 2.08. The number of thiazole rings is 1. The Kier molecular flexibility index (Phi) is 3.61. The van der Waals surface area contributed by atoms with Crippen molar-refractivity contribution < 1.29 is 9.53 Å². The van der Waals surface area contributed by atoms with Crippen LogP contribution < -0.4 is 5.73 Å². The van der Waals surface area contributed by atoms with Crippen molar-refractivity contribution in [2.24, 2.45) is 0 Å². The summed E-state index contributed by atoms with van der Waals surface area (Å²) in [7, 11) is 0. The highest BCUT2D eigenvalue weighted by molar-refractivity contribution is 7.09. The zero-order valence-electron chi connectivity index (χ0n) is 8.72. The molecule has 0 saturated carbocycles. The number of aromatic nitrogens is 1. The van der Waals surface area contributed by atoms with E-state index in [1.54, 1.807) is 29.9 Å². The highest BCUT2D eigenvalue weighted by Crippen LogP contribution is 2.24. The number of hydrogen-bond donors (Lipinski definition) is 1. The number of rotatable bonds is 3. The molecule has 0 aliphatic rings. The van der Waals surface area contributed by atoms with Crippen LogP contribution in [-0.2, 0) is 11.3 Å². The number of esters is 1. The number of benzene rings is 1. The maximum Gasteiger partial charge on any atom is 0.340 e. The number of nitrogen functional groups attached to an aromatic ring is 1. The van der Waals surface area contributed by atoms with Gasteiger partial charge in [0.2, 0.25) is 0 Å². The second-order valence-electron chi connectivity index (χ2n) is 3.25. The van der Waals surface area contributed by atoms with Gasteiger partial charge in [-0.1, -0.05) is 17.7 Å². The first-order valence-electron chi connectivity index (χ1n) is 4.77. The summed E-state index contributed by atoms with van der Waals surface area (Å²) in [5.74, 6) is -0.490. The standard InChI is InChI=1S/C11H9ClN2O2S/c12-10-8(2-1-3-9(10)13)11(15)16-5-7-4-14-6-17-7/h1-4,6H,5,13H2. The Labute approximate surface area is 107 Å². The molecule has 6 heteroatoms. The number of carbonyl (C=O) groups is 1. The maximum absolute atomic E-state index is 11.7. The number of nitrogens with zero attached hydrogens (tertiary/aromatic N) is 1. The Hall–Kier alpha value is -1.59. The molecule has 0 fully saturated rings. The molecule has 2 aromatic rings.